The van der Waals surface area contributed by atoms with Crippen LogP contribution in [0, 0.1) is 0 Å². The van der Waals surface area contributed by atoms with Gasteiger partial charge in [-0.2, -0.15) is 0 Å². The van der Waals surface area contributed by atoms with E-state index in [0.717, 1.165) is 25.7 Å². The highest BCUT2D eigenvalue weighted by Crippen LogP contribution is 2.33. The van der Waals surface area contributed by atoms with Gasteiger partial charge < -0.3 is 14.7 Å². The third-order valence-electron chi connectivity index (χ3n) is 3.51. The fraction of sp³-hybridized carbons (Fsp3) is 0.923. The van der Waals surface area contributed by atoms with Crippen LogP contribution in [-0.4, -0.2) is 40.4 Å². The van der Waals surface area contributed by atoms with Gasteiger partial charge in [-0.05, 0) is 53.4 Å². The first-order chi connectivity index (χ1) is 7.64. The van der Waals surface area contributed by atoms with Crippen LogP contribution in [0.2, 0.25) is 0 Å². The fourth-order valence-corrected chi connectivity index (χ4v) is 2.11. The zero-order chi connectivity index (χ0) is 13.3. The van der Waals surface area contributed by atoms with Crippen molar-refractivity contribution in [3.8, 4) is 0 Å². The normalized spacial score (nSPS) is 29.9. The summed E-state index contributed by atoms with van der Waals surface area (Å²) in [4.78, 5) is 13.7. The lowest BCUT2D eigenvalue weighted by molar-refractivity contribution is -0.0116. The molecule has 0 radical (unpaired) electrons. The van der Waals surface area contributed by atoms with Crippen molar-refractivity contribution in [2.75, 3.05) is 7.05 Å². The Balaban J connectivity index is 2.62. The van der Waals surface area contributed by atoms with Gasteiger partial charge in [-0.15, -0.1) is 0 Å². The van der Waals surface area contributed by atoms with Gasteiger partial charge in [-0.25, -0.2) is 4.79 Å². The van der Waals surface area contributed by atoms with Gasteiger partial charge in [-0.3, -0.25) is 0 Å². The minimum absolute atomic E-state index is 0.193. The van der Waals surface area contributed by atoms with E-state index < -0.39 is 5.60 Å². The lowest BCUT2D eigenvalue weighted by Gasteiger charge is -2.43. The fourth-order valence-electron chi connectivity index (χ4n) is 2.11. The zero-order valence-corrected chi connectivity index (χ0v) is 11.6. The van der Waals surface area contributed by atoms with Gasteiger partial charge in [0.05, 0.1) is 6.10 Å². The maximum atomic E-state index is 12.0. The molecule has 4 heteroatoms. The van der Waals surface area contributed by atoms with Crippen LogP contribution in [0.25, 0.3) is 0 Å². The predicted octanol–water partition coefficient (Wildman–Crippen LogP) is 2.55. The second-order valence-corrected chi connectivity index (χ2v) is 6.27. The summed E-state index contributed by atoms with van der Waals surface area (Å²) in [5.74, 6) is 0. The zero-order valence-electron chi connectivity index (χ0n) is 11.6. The predicted molar refractivity (Wildman–Crippen MR) is 66.9 cm³/mol. The number of aliphatic hydroxyl groups excluding tert-OH is 1. The Morgan fingerprint density at radius 3 is 2.24 bits per heavy atom. The van der Waals surface area contributed by atoms with Gasteiger partial charge in [0.1, 0.15) is 5.60 Å². The van der Waals surface area contributed by atoms with Crippen LogP contribution >= 0.6 is 0 Å². The van der Waals surface area contributed by atoms with Crippen molar-refractivity contribution in [1.82, 2.24) is 4.90 Å². The molecule has 17 heavy (non-hydrogen) atoms. The second kappa shape index (κ2) is 4.84. The lowest BCUT2D eigenvalue weighted by Crippen LogP contribution is -2.51. The number of ether oxygens (including phenoxy) is 1. The summed E-state index contributed by atoms with van der Waals surface area (Å²) in [5.41, 5.74) is -0.655. The first-order valence-corrected chi connectivity index (χ1v) is 6.29. The highest BCUT2D eigenvalue weighted by Gasteiger charge is 2.38. The number of carbonyl (C=O) groups excluding carboxylic acids is 1. The number of carbonyl (C=O) groups is 1. The molecule has 100 valence electrons. The molecule has 0 aromatic rings. The van der Waals surface area contributed by atoms with Crippen molar-refractivity contribution in [1.29, 1.82) is 0 Å². The van der Waals surface area contributed by atoms with Gasteiger partial charge in [0.25, 0.3) is 0 Å². The van der Waals surface area contributed by atoms with E-state index >= 15 is 0 Å². The van der Waals surface area contributed by atoms with Crippen molar-refractivity contribution >= 4 is 6.09 Å². The molecule has 0 aromatic carbocycles. The standard InChI is InChI=1S/C13H25NO3/c1-12(2,3)17-11(16)14(5)13(4)8-6-10(15)7-9-13/h10,15H,6-9H2,1-5H3. The van der Waals surface area contributed by atoms with Crippen molar-refractivity contribution in [3.63, 3.8) is 0 Å². The van der Waals surface area contributed by atoms with E-state index in [4.69, 9.17) is 4.74 Å². The van der Waals surface area contributed by atoms with E-state index in [1.54, 1.807) is 11.9 Å². The van der Waals surface area contributed by atoms with Crippen LogP contribution in [0.3, 0.4) is 0 Å². The summed E-state index contributed by atoms with van der Waals surface area (Å²) in [6.45, 7) is 7.66. The molecule has 1 aliphatic carbocycles. The first-order valence-electron chi connectivity index (χ1n) is 6.29. The molecule has 0 aliphatic heterocycles. The molecule has 0 aromatic heterocycles. The van der Waals surface area contributed by atoms with Gasteiger partial charge in [-0.1, -0.05) is 0 Å². The van der Waals surface area contributed by atoms with E-state index in [0.29, 0.717) is 0 Å². The Bertz CT molecular complexity index is 275. The van der Waals surface area contributed by atoms with Crippen LogP contribution < -0.4 is 0 Å². The van der Waals surface area contributed by atoms with Gasteiger partial charge in [0.15, 0.2) is 0 Å². The molecule has 1 saturated carbocycles. The Morgan fingerprint density at radius 1 is 1.35 bits per heavy atom. The number of amides is 1. The minimum atomic E-state index is -0.462. The molecule has 1 aliphatic rings. The van der Waals surface area contributed by atoms with Crippen molar-refractivity contribution in [3.05, 3.63) is 0 Å². The van der Waals surface area contributed by atoms with Gasteiger partial charge in [0, 0.05) is 12.6 Å². The maximum Gasteiger partial charge on any atom is 0.410 e. The monoisotopic (exact) mass is 243 g/mol. The maximum absolute atomic E-state index is 12.0. The van der Waals surface area contributed by atoms with E-state index in [-0.39, 0.29) is 17.7 Å². The Kier molecular flexibility index (Phi) is 4.07. The minimum Gasteiger partial charge on any atom is -0.444 e. The summed E-state index contributed by atoms with van der Waals surface area (Å²) < 4.78 is 5.37. The molecule has 0 saturated heterocycles. The van der Waals surface area contributed by atoms with Crippen molar-refractivity contribution < 1.29 is 14.6 Å². The molecule has 1 amide bonds. The number of hydrogen-bond donors (Lipinski definition) is 1. The topological polar surface area (TPSA) is 49.8 Å². The highest BCUT2D eigenvalue weighted by molar-refractivity contribution is 5.68. The van der Waals surface area contributed by atoms with E-state index in [2.05, 4.69) is 6.92 Å². The van der Waals surface area contributed by atoms with E-state index in [9.17, 15) is 9.90 Å². The Hall–Kier alpha value is -0.770. The SMILES string of the molecule is CN(C(=O)OC(C)(C)C)C1(C)CCC(O)CC1. The van der Waals surface area contributed by atoms with Gasteiger partial charge >= 0.3 is 6.09 Å². The largest absolute Gasteiger partial charge is 0.444 e. The molecular weight excluding hydrogens is 218 g/mol. The third kappa shape index (κ3) is 3.87. The van der Waals surface area contributed by atoms with Crippen molar-refractivity contribution in [2.24, 2.45) is 0 Å². The molecule has 4 nitrogen and oxygen atoms in total. The van der Waals surface area contributed by atoms with E-state index in [1.807, 2.05) is 20.8 Å². The molecule has 0 bridgehead atoms. The molecule has 1 rings (SSSR count). The van der Waals surface area contributed by atoms with Crippen molar-refractivity contribution in [2.45, 2.75) is 70.6 Å². The van der Waals surface area contributed by atoms with Crippen LogP contribution in [-0.2, 0) is 4.74 Å². The Labute approximate surface area is 104 Å². The first kappa shape index (κ1) is 14.3. The molecule has 1 N–H and O–H groups in total. The molecule has 0 unspecified atom stereocenters. The summed E-state index contributed by atoms with van der Waals surface area (Å²) in [6, 6.07) is 0. The number of rotatable bonds is 1. The van der Waals surface area contributed by atoms with Crippen LogP contribution in [0.4, 0.5) is 4.79 Å². The quantitative estimate of drug-likeness (QED) is 0.770. The molecular formula is C13H25NO3. The Morgan fingerprint density at radius 2 is 1.82 bits per heavy atom. The number of nitrogens with zero attached hydrogens (tertiary/aromatic N) is 1. The highest BCUT2D eigenvalue weighted by atomic mass is 16.6. The van der Waals surface area contributed by atoms with Crippen LogP contribution in [0.5, 0.6) is 0 Å². The van der Waals surface area contributed by atoms with Crippen LogP contribution in [0.15, 0.2) is 0 Å². The molecule has 0 atom stereocenters. The smallest absolute Gasteiger partial charge is 0.410 e. The summed E-state index contributed by atoms with van der Waals surface area (Å²) in [5, 5.41) is 9.51. The summed E-state index contributed by atoms with van der Waals surface area (Å²) in [7, 11) is 1.78. The summed E-state index contributed by atoms with van der Waals surface area (Å²) >= 11 is 0. The van der Waals surface area contributed by atoms with Crippen LogP contribution in [0.1, 0.15) is 53.4 Å². The summed E-state index contributed by atoms with van der Waals surface area (Å²) in [6.07, 6.45) is 2.66. The number of hydrogen-bond acceptors (Lipinski definition) is 3. The average Bonchev–Trinajstić information content (AvgIpc) is 2.19. The van der Waals surface area contributed by atoms with E-state index in [1.165, 1.54) is 0 Å². The number of aliphatic hydroxyl groups is 1. The molecule has 0 heterocycles. The van der Waals surface area contributed by atoms with Gasteiger partial charge in [0.2, 0.25) is 0 Å². The average molecular weight is 243 g/mol. The second-order valence-electron chi connectivity index (χ2n) is 6.27. The third-order valence-corrected chi connectivity index (χ3v) is 3.51. The lowest BCUT2D eigenvalue weighted by atomic mass is 9.81. The molecule has 1 fully saturated rings. The molecule has 0 spiro atoms.